The summed E-state index contributed by atoms with van der Waals surface area (Å²) < 4.78 is 5.27. The van der Waals surface area contributed by atoms with Gasteiger partial charge in [0.2, 0.25) is 0 Å². The average molecular weight is 391 g/mol. The van der Waals surface area contributed by atoms with Gasteiger partial charge >= 0.3 is 0 Å². The largest absolute Gasteiger partial charge is 0.360 e. The number of carbonyl (C=O) groups excluding carboxylic acids is 1. The van der Waals surface area contributed by atoms with E-state index in [9.17, 15) is 4.79 Å². The maximum absolute atomic E-state index is 12.8. The highest BCUT2D eigenvalue weighted by Gasteiger charge is 2.35. The Morgan fingerprint density at radius 3 is 2.72 bits per heavy atom. The summed E-state index contributed by atoms with van der Waals surface area (Å²) in [5.41, 5.74) is 3.16. The summed E-state index contributed by atoms with van der Waals surface area (Å²) in [5, 5.41) is 7.03. The average Bonchev–Trinajstić information content (AvgIpc) is 3.18. The lowest BCUT2D eigenvalue weighted by Crippen LogP contribution is -2.37. The lowest BCUT2D eigenvalue weighted by atomic mass is 9.74. The zero-order chi connectivity index (χ0) is 20.6. The van der Waals surface area contributed by atoms with Crippen molar-refractivity contribution in [1.29, 1.82) is 0 Å². The zero-order valence-electron chi connectivity index (χ0n) is 17.1. The first-order valence-electron chi connectivity index (χ1n) is 9.86. The third-order valence-corrected chi connectivity index (χ3v) is 5.25. The third kappa shape index (κ3) is 4.04. The van der Waals surface area contributed by atoms with E-state index in [1.807, 2.05) is 32.2 Å². The number of pyridine rings is 1. The SMILES string of the molecule is CC(C)c1cc(C(=O)N[C@H]2CC(C)(C)Cc3nc(-c4ccncc4)ncc32)no1. The molecule has 0 unspecified atom stereocenters. The van der Waals surface area contributed by atoms with Crippen molar-refractivity contribution in [2.45, 2.75) is 52.5 Å². The van der Waals surface area contributed by atoms with Gasteiger partial charge in [0.05, 0.1) is 11.7 Å². The molecule has 29 heavy (non-hydrogen) atoms. The quantitative estimate of drug-likeness (QED) is 0.720. The standard InChI is InChI=1S/C22H25N5O2/c1-13(2)19-9-16(27-29-19)21(28)26-18-11-22(3,4)10-17-15(18)12-24-20(25-17)14-5-7-23-8-6-14/h5-9,12-13,18H,10-11H2,1-4H3,(H,26,28)/t18-/m0/s1. The first kappa shape index (κ1) is 19.2. The van der Waals surface area contributed by atoms with E-state index in [1.54, 1.807) is 18.5 Å². The van der Waals surface area contributed by atoms with Crippen LogP contribution in [0.2, 0.25) is 0 Å². The van der Waals surface area contributed by atoms with Gasteiger partial charge in [0.1, 0.15) is 5.76 Å². The van der Waals surface area contributed by atoms with E-state index in [0.717, 1.165) is 29.7 Å². The van der Waals surface area contributed by atoms with Crippen LogP contribution in [0.25, 0.3) is 11.4 Å². The number of hydrogen-bond acceptors (Lipinski definition) is 6. The first-order chi connectivity index (χ1) is 13.8. The Labute approximate surface area is 170 Å². The van der Waals surface area contributed by atoms with E-state index in [0.29, 0.717) is 17.3 Å². The summed E-state index contributed by atoms with van der Waals surface area (Å²) in [4.78, 5) is 26.2. The number of nitrogens with zero attached hydrogens (tertiary/aromatic N) is 4. The van der Waals surface area contributed by atoms with Gasteiger partial charge in [-0.3, -0.25) is 9.78 Å². The molecule has 3 aromatic rings. The van der Waals surface area contributed by atoms with E-state index in [2.05, 4.69) is 34.3 Å². The Kier molecular flexibility index (Phi) is 4.90. The lowest BCUT2D eigenvalue weighted by Gasteiger charge is -2.36. The van der Waals surface area contributed by atoms with Crippen LogP contribution in [0.4, 0.5) is 0 Å². The Morgan fingerprint density at radius 1 is 1.28 bits per heavy atom. The Morgan fingerprint density at radius 2 is 2.03 bits per heavy atom. The summed E-state index contributed by atoms with van der Waals surface area (Å²) in [7, 11) is 0. The molecule has 0 aromatic carbocycles. The van der Waals surface area contributed by atoms with Gasteiger partial charge in [0.25, 0.3) is 5.91 Å². The van der Waals surface area contributed by atoms with Crippen LogP contribution in [-0.2, 0) is 6.42 Å². The van der Waals surface area contributed by atoms with E-state index in [-0.39, 0.29) is 23.3 Å². The van der Waals surface area contributed by atoms with Crippen molar-refractivity contribution in [3.05, 3.63) is 59.5 Å². The molecule has 1 aliphatic rings. The molecule has 3 aromatic heterocycles. The van der Waals surface area contributed by atoms with Gasteiger partial charge in [0, 0.05) is 41.7 Å². The molecular formula is C22H25N5O2. The predicted octanol–water partition coefficient (Wildman–Crippen LogP) is 4.09. The number of amides is 1. The molecule has 7 nitrogen and oxygen atoms in total. The first-order valence-corrected chi connectivity index (χ1v) is 9.86. The lowest BCUT2D eigenvalue weighted by molar-refractivity contribution is 0.0909. The normalized spacial score (nSPS) is 17.8. The van der Waals surface area contributed by atoms with Gasteiger partial charge in [-0.05, 0) is 30.4 Å². The minimum Gasteiger partial charge on any atom is -0.360 e. The monoisotopic (exact) mass is 391 g/mol. The maximum Gasteiger partial charge on any atom is 0.273 e. The second kappa shape index (κ2) is 7.39. The van der Waals surface area contributed by atoms with Gasteiger partial charge in [-0.2, -0.15) is 0 Å². The maximum atomic E-state index is 12.8. The fraction of sp³-hybridized carbons (Fsp3) is 0.409. The highest BCUT2D eigenvalue weighted by molar-refractivity contribution is 5.92. The van der Waals surface area contributed by atoms with Gasteiger partial charge < -0.3 is 9.84 Å². The van der Waals surface area contributed by atoms with Crippen molar-refractivity contribution in [3.8, 4) is 11.4 Å². The molecule has 1 atom stereocenters. The van der Waals surface area contributed by atoms with E-state index in [4.69, 9.17) is 9.51 Å². The zero-order valence-corrected chi connectivity index (χ0v) is 17.1. The van der Waals surface area contributed by atoms with Crippen molar-refractivity contribution in [3.63, 3.8) is 0 Å². The number of rotatable bonds is 4. The van der Waals surface area contributed by atoms with Crippen molar-refractivity contribution in [2.75, 3.05) is 0 Å². The molecule has 150 valence electrons. The van der Waals surface area contributed by atoms with Crippen molar-refractivity contribution in [2.24, 2.45) is 5.41 Å². The van der Waals surface area contributed by atoms with Crippen molar-refractivity contribution >= 4 is 5.91 Å². The van der Waals surface area contributed by atoms with E-state index >= 15 is 0 Å². The number of aromatic nitrogens is 4. The third-order valence-electron chi connectivity index (χ3n) is 5.25. The smallest absolute Gasteiger partial charge is 0.273 e. The molecule has 0 saturated carbocycles. The number of nitrogens with one attached hydrogen (secondary N) is 1. The summed E-state index contributed by atoms with van der Waals surface area (Å²) in [6, 6.07) is 5.32. The van der Waals surface area contributed by atoms with Gasteiger partial charge in [-0.15, -0.1) is 0 Å². The molecule has 0 spiro atoms. The van der Waals surface area contributed by atoms with Crippen LogP contribution in [0.5, 0.6) is 0 Å². The predicted molar refractivity (Wildman–Crippen MR) is 108 cm³/mol. The molecular weight excluding hydrogens is 366 g/mol. The van der Waals surface area contributed by atoms with Gasteiger partial charge in [-0.25, -0.2) is 9.97 Å². The van der Waals surface area contributed by atoms with Crippen molar-refractivity contribution < 1.29 is 9.32 Å². The fourth-order valence-electron chi connectivity index (χ4n) is 3.72. The Balaban J connectivity index is 1.62. The number of hydrogen-bond donors (Lipinski definition) is 1. The summed E-state index contributed by atoms with van der Waals surface area (Å²) in [6.45, 7) is 8.38. The molecule has 0 fully saturated rings. The summed E-state index contributed by atoms with van der Waals surface area (Å²) in [6.07, 6.45) is 6.93. The van der Waals surface area contributed by atoms with Crippen LogP contribution in [0, 0.1) is 5.41 Å². The molecule has 1 aliphatic carbocycles. The second-order valence-electron chi connectivity index (χ2n) is 8.67. The molecule has 0 bridgehead atoms. The number of carbonyl (C=O) groups is 1. The summed E-state index contributed by atoms with van der Waals surface area (Å²) >= 11 is 0. The molecule has 7 heteroatoms. The molecule has 4 rings (SSSR count). The van der Waals surface area contributed by atoms with Crippen LogP contribution in [0.3, 0.4) is 0 Å². The van der Waals surface area contributed by atoms with E-state index < -0.39 is 0 Å². The van der Waals surface area contributed by atoms with Gasteiger partial charge in [-0.1, -0.05) is 32.9 Å². The molecule has 3 heterocycles. The summed E-state index contributed by atoms with van der Waals surface area (Å²) in [5.74, 6) is 1.31. The number of fused-ring (bicyclic) bond motifs is 1. The minimum atomic E-state index is -0.243. The van der Waals surface area contributed by atoms with E-state index in [1.165, 1.54) is 0 Å². The fourth-order valence-corrected chi connectivity index (χ4v) is 3.72. The van der Waals surface area contributed by atoms with Crippen LogP contribution < -0.4 is 5.32 Å². The minimum absolute atomic E-state index is 0.00172. The molecule has 1 N–H and O–H groups in total. The van der Waals surface area contributed by atoms with Crippen LogP contribution in [0.1, 0.15) is 73.6 Å². The highest BCUT2D eigenvalue weighted by atomic mass is 16.5. The van der Waals surface area contributed by atoms with Gasteiger partial charge in [0.15, 0.2) is 11.5 Å². The molecule has 0 saturated heterocycles. The Bertz CT molecular complexity index is 1030. The van der Waals surface area contributed by atoms with Crippen molar-refractivity contribution in [1.82, 2.24) is 25.4 Å². The molecule has 0 radical (unpaired) electrons. The topological polar surface area (TPSA) is 93.8 Å². The molecule has 0 aliphatic heterocycles. The van der Waals surface area contributed by atoms with Crippen LogP contribution >= 0.6 is 0 Å². The van der Waals surface area contributed by atoms with Crippen LogP contribution in [-0.4, -0.2) is 26.0 Å². The highest BCUT2D eigenvalue weighted by Crippen LogP contribution is 2.40. The molecule has 1 amide bonds. The Hall–Kier alpha value is -3.09. The second-order valence-corrected chi connectivity index (χ2v) is 8.67. The van der Waals surface area contributed by atoms with Crippen LogP contribution in [0.15, 0.2) is 41.3 Å².